The van der Waals surface area contributed by atoms with Crippen molar-refractivity contribution in [1.29, 1.82) is 0 Å². The van der Waals surface area contributed by atoms with E-state index in [1.54, 1.807) is 0 Å². The average Bonchev–Trinajstić information content (AvgIpc) is 3.65. The quantitative estimate of drug-likeness (QED) is 0.178. The van der Waals surface area contributed by atoms with Crippen LogP contribution in [0.1, 0.15) is 39.8 Å². The van der Waals surface area contributed by atoms with Crippen LogP contribution in [0, 0.1) is 0 Å². The number of rotatable bonds is 6. The van der Waals surface area contributed by atoms with Crippen molar-refractivity contribution in [2.75, 3.05) is 0 Å². The van der Waals surface area contributed by atoms with E-state index in [0.717, 1.165) is 50.6 Å². The summed E-state index contributed by atoms with van der Waals surface area (Å²) in [6, 6.07) is 65.0. The molecular formula is C46H34N4O. The van der Waals surface area contributed by atoms with Crippen LogP contribution in [0.15, 0.2) is 194 Å². The van der Waals surface area contributed by atoms with Gasteiger partial charge in [-0.15, -0.1) is 0 Å². The standard InChI is InChI=1S/C46H34N4O/c1-5-19-33(20-6-1)42-37-27-13-15-30-40(37)51-41-31-16-14-28-38(41)46(35-23-9-3-10-24-35,36-25-11-4-12-26-36)43(42)50-45(39-29-17-18-32-47-39)48-44(49-50)34-21-7-2-8-22-34/h1-32,42-43H. The van der Waals surface area contributed by atoms with Crippen molar-refractivity contribution in [3.63, 3.8) is 0 Å². The van der Waals surface area contributed by atoms with E-state index in [-0.39, 0.29) is 5.92 Å². The van der Waals surface area contributed by atoms with Gasteiger partial charge in [0.05, 0.1) is 11.5 Å². The van der Waals surface area contributed by atoms with Gasteiger partial charge in [0.1, 0.15) is 17.2 Å². The second kappa shape index (κ2) is 13.0. The first kappa shape index (κ1) is 30.5. The molecule has 244 valence electrons. The Morgan fingerprint density at radius 1 is 0.529 bits per heavy atom. The molecule has 0 N–H and O–H groups in total. The average molecular weight is 659 g/mol. The number of aromatic nitrogens is 4. The zero-order chi connectivity index (χ0) is 34.0. The highest BCUT2D eigenvalue weighted by atomic mass is 16.5. The van der Waals surface area contributed by atoms with Crippen molar-refractivity contribution in [1.82, 2.24) is 19.7 Å². The Kier molecular flexibility index (Phi) is 7.78. The lowest BCUT2D eigenvalue weighted by molar-refractivity contribution is 0.287. The van der Waals surface area contributed by atoms with Crippen molar-refractivity contribution >= 4 is 0 Å². The molecule has 1 aliphatic heterocycles. The highest BCUT2D eigenvalue weighted by molar-refractivity contribution is 5.64. The molecule has 1 aliphatic rings. The Morgan fingerprint density at radius 3 is 1.76 bits per heavy atom. The summed E-state index contributed by atoms with van der Waals surface area (Å²) in [5.74, 6) is 2.66. The Bertz CT molecular complexity index is 2360. The summed E-state index contributed by atoms with van der Waals surface area (Å²) in [6.45, 7) is 0. The molecule has 51 heavy (non-hydrogen) atoms. The molecule has 2 unspecified atom stereocenters. The fraction of sp³-hybridized carbons (Fsp3) is 0.0652. The maximum atomic E-state index is 7.05. The van der Waals surface area contributed by atoms with Gasteiger partial charge in [-0.3, -0.25) is 4.98 Å². The molecule has 3 heterocycles. The molecule has 0 saturated heterocycles. The molecule has 5 nitrogen and oxygen atoms in total. The molecule has 2 aromatic heterocycles. The first-order chi connectivity index (χ1) is 25.3. The van der Waals surface area contributed by atoms with E-state index < -0.39 is 11.5 Å². The summed E-state index contributed by atoms with van der Waals surface area (Å²) < 4.78 is 9.22. The first-order valence-corrected chi connectivity index (χ1v) is 17.3. The molecule has 0 spiro atoms. The highest BCUT2D eigenvalue weighted by Gasteiger charge is 2.53. The number of hydrogen-bond acceptors (Lipinski definition) is 4. The summed E-state index contributed by atoms with van der Waals surface area (Å²) in [7, 11) is 0. The van der Waals surface area contributed by atoms with Gasteiger partial charge >= 0.3 is 0 Å². The first-order valence-electron chi connectivity index (χ1n) is 17.3. The van der Waals surface area contributed by atoms with Crippen LogP contribution >= 0.6 is 0 Å². The molecule has 0 radical (unpaired) electrons. The SMILES string of the molecule is c1ccc(-c2nc(-c3ccccn3)n(C3C(c4ccccc4)c4ccccc4Oc4ccccc4C3(c3ccccc3)c3ccccc3)n2)cc1. The molecule has 9 rings (SSSR count). The lowest BCUT2D eigenvalue weighted by Crippen LogP contribution is -2.44. The maximum Gasteiger partial charge on any atom is 0.181 e. The summed E-state index contributed by atoms with van der Waals surface area (Å²) >= 11 is 0. The number of para-hydroxylation sites is 2. The van der Waals surface area contributed by atoms with Crippen molar-refractivity contribution in [2.45, 2.75) is 17.4 Å². The van der Waals surface area contributed by atoms with Crippen LogP contribution in [-0.2, 0) is 5.41 Å². The number of ether oxygens (including phenoxy) is 1. The lowest BCUT2D eigenvalue weighted by Gasteiger charge is -2.48. The molecule has 8 aromatic rings. The van der Waals surface area contributed by atoms with E-state index in [2.05, 4.69) is 150 Å². The van der Waals surface area contributed by atoms with Crippen LogP contribution < -0.4 is 4.74 Å². The second-order valence-corrected chi connectivity index (χ2v) is 12.8. The number of hydrogen-bond donors (Lipinski definition) is 0. The van der Waals surface area contributed by atoms with Crippen LogP contribution in [-0.4, -0.2) is 19.7 Å². The number of fused-ring (bicyclic) bond motifs is 2. The normalized spacial score (nSPS) is 16.2. The smallest absolute Gasteiger partial charge is 0.181 e. The summed E-state index contributed by atoms with van der Waals surface area (Å²) in [5.41, 5.74) is 6.28. The molecule has 0 aliphatic carbocycles. The van der Waals surface area contributed by atoms with Crippen LogP contribution in [0.4, 0.5) is 0 Å². The third kappa shape index (κ3) is 5.22. The Balaban J connectivity index is 1.51. The Labute approximate surface area is 297 Å². The van der Waals surface area contributed by atoms with Crippen LogP contribution in [0.2, 0.25) is 0 Å². The summed E-state index contributed by atoms with van der Waals surface area (Å²) in [5, 5.41) is 5.55. The van der Waals surface area contributed by atoms with Gasteiger partial charge < -0.3 is 4.74 Å². The molecule has 5 heteroatoms. The van der Waals surface area contributed by atoms with Crippen LogP contribution in [0.5, 0.6) is 11.5 Å². The minimum absolute atomic E-state index is 0.260. The summed E-state index contributed by atoms with van der Waals surface area (Å²) in [6.07, 6.45) is 1.82. The zero-order valence-corrected chi connectivity index (χ0v) is 27.8. The molecule has 0 amide bonds. The van der Waals surface area contributed by atoms with Gasteiger partial charge in [-0.25, -0.2) is 9.67 Å². The third-order valence-electron chi connectivity index (χ3n) is 9.98. The van der Waals surface area contributed by atoms with E-state index >= 15 is 0 Å². The van der Waals surface area contributed by atoms with Gasteiger partial charge in [0.25, 0.3) is 0 Å². The van der Waals surface area contributed by atoms with Gasteiger partial charge in [-0.2, -0.15) is 5.10 Å². The van der Waals surface area contributed by atoms with Gasteiger partial charge in [-0.05, 0) is 41.0 Å². The fourth-order valence-corrected chi connectivity index (χ4v) is 7.87. The second-order valence-electron chi connectivity index (χ2n) is 12.8. The predicted molar refractivity (Wildman–Crippen MR) is 202 cm³/mol. The largest absolute Gasteiger partial charge is 0.457 e. The monoisotopic (exact) mass is 658 g/mol. The maximum absolute atomic E-state index is 7.05. The molecule has 2 atom stereocenters. The highest BCUT2D eigenvalue weighted by Crippen LogP contribution is 2.59. The van der Waals surface area contributed by atoms with Gasteiger partial charge in [0.2, 0.25) is 0 Å². The van der Waals surface area contributed by atoms with E-state index in [4.69, 9.17) is 19.8 Å². The van der Waals surface area contributed by atoms with Crippen molar-refractivity contribution < 1.29 is 4.74 Å². The minimum Gasteiger partial charge on any atom is -0.457 e. The minimum atomic E-state index is -0.849. The summed E-state index contributed by atoms with van der Waals surface area (Å²) in [4.78, 5) is 10.2. The van der Waals surface area contributed by atoms with Crippen LogP contribution in [0.25, 0.3) is 22.9 Å². The molecule has 0 fully saturated rings. The van der Waals surface area contributed by atoms with Crippen LogP contribution in [0.3, 0.4) is 0 Å². The third-order valence-corrected chi connectivity index (χ3v) is 9.98. The lowest BCUT2D eigenvalue weighted by atomic mass is 9.59. The molecular weight excluding hydrogens is 625 g/mol. The van der Waals surface area contributed by atoms with E-state index in [9.17, 15) is 0 Å². The molecule has 0 bridgehead atoms. The van der Waals surface area contributed by atoms with Gasteiger partial charge in [-0.1, -0.05) is 164 Å². The predicted octanol–water partition coefficient (Wildman–Crippen LogP) is 10.5. The van der Waals surface area contributed by atoms with E-state index in [1.165, 1.54) is 0 Å². The fourth-order valence-electron chi connectivity index (χ4n) is 7.87. The van der Waals surface area contributed by atoms with E-state index in [1.807, 2.05) is 48.7 Å². The molecule has 6 aromatic carbocycles. The van der Waals surface area contributed by atoms with Crippen molar-refractivity contribution in [3.8, 4) is 34.4 Å². The Hall–Kier alpha value is -6.59. The Morgan fingerprint density at radius 2 is 1.10 bits per heavy atom. The number of nitrogens with zero attached hydrogens (tertiary/aromatic N) is 4. The number of pyridine rings is 1. The topological polar surface area (TPSA) is 52.8 Å². The molecule has 0 saturated carbocycles. The van der Waals surface area contributed by atoms with Gasteiger partial charge in [0.15, 0.2) is 11.6 Å². The van der Waals surface area contributed by atoms with Crippen molar-refractivity contribution in [2.24, 2.45) is 0 Å². The van der Waals surface area contributed by atoms with Crippen molar-refractivity contribution in [3.05, 3.63) is 222 Å². The number of benzene rings is 6. The zero-order valence-electron chi connectivity index (χ0n) is 27.8. The van der Waals surface area contributed by atoms with Gasteiger partial charge in [0, 0.05) is 28.8 Å². The van der Waals surface area contributed by atoms with E-state index in [0.29, 0.717) is 11.6 Å².